The Kier molecular flexibility index (Phi) is 6.92. The molecule has 2 aromatic heterocycles. The highest BCUT2D eigenvalue weighted by Crippen LogP contribution is 2.44. The molecule has 1 N–H and O–H groups in total. The van der Waals surface area contributed by atoms with Crippen LogP contribution in [0.1, 0.15) is 40.3 Å². The zero-order valence-corrected chi connectivity index (χ0v) is 25.2. The van der Waals surface area contributed by atoms with E-state index in [-0.39, 0.29) is 12.1 Å². The molecule has 0 bridgehead atoms. The highest BCUT2D eigenvalue weighted by Gasteiger charge is 2.42. The molecule has 1 fully saturated rings. The second-order valence-electron chi connectivity index (χ2n) is 11.0. The van der Waals surface area contributed by atoms with Crippen molar-refractivity contribution in [1.82, 2.24) is 14.9 Å². The number of nitrogens with one attached hydrogen (secondary N) is 1. The van der Waals surface area contributed by atoms with Crippen LogP contribution < -0.4 is 15.0 Å². The van der Waals surface area contributed by atoms with Gasteiger partial charge in [-0.05, 0) is 104 Å². The number of pyridine rings is 1. The molecular formula is C37H32N4OS. The first-order valence-corrected chi connectivity index (χ1v) is 14.9. The highest BCUT2D eigenvalue weighted by atomic mass is 32.1. The number of anilines is 1. The minimum Gasteiger partial charge on any atom is -0.457 e. The van der Waals surface area contributed by atoms with Gasteiger partial charge < -0.3 is 19.5 Å². The molecule has 0 spiro atoms. The molecule has 1 aliphatic rings. The smallest absolute Gasteiger partial charge is 0.174 e. The number of aromatic nitrogens is 2. The SMILES string of the molecule is Cc1ccccc1Oc1ccc(N2C(=S)N[C@H](c3ccccn3)[C@@H]2c2cc(C)n(-c3cccc4ccccc34)c2C)cc1. The normalized spacial score (nSPS) is 16.4. The fourth-order valence-corrected chi connectivity index (χ4v) is 6.63. The molecule has 6 heteroatoms. The Balaban J connectivity index is 1.32. The molecule has 1 saturated heterocycles. The number of aryl methyl sites for hydroxylation is 2. The van der Waals surface area contributed by atoms with Gasteiger partial charge in [0.05, 0.1) is 23.5 Å². The van der Waals surface area contributed by atoms with Gasteiger partial charge in [0.1, 0.15) is 11.5 Å². The van der Waals surface area contributed by atoms with Crippen LogP contribution in [0, 0.1) is 20.8 Å². The van der Waals surface area contributed by atoms with Crippen molar-refractivity contribution >= 4 is 33.8 Å². The second-order valence-corrected chi connectivity index (χ2v) is 11.4. The van der Waals surface area contributed by atoms with Gasteiger partial charge in [0, 0.05) is 28.7 Å². The maximum absolute atomic E-state index is 6.20. The average molecular weight is 581 g/mol. The zero-order valence-electron chi connectivity index (χ0n) is 24.4. The van der Waals surface area contributed by atoms with E-state index in [0.717, 1.165) is 28.4 Å². The predicted molar refractivity (Wildman–Crippen MR) is 178 cm³/mol. The Morgan fingerprint density at radius 3 is 2.33 bits per heavy atom. The van der Waals surface area contributed by atoms with Crippen LogP contribution >= 0.6 is 12.2 Å². The molecule has 43 heavy (non-hydrogen) atoms. The summed E-state index contributed by atoms with van der Waals surface area (Å²) in [6.07, 6.45) is 1.84. The molecule has 1 aliphatic heterocycles. The number of rotatable bonds is 6. The van der Waals surface area contributed by atoms with Crippen LogP contribution in [0.25, 0.3) is 16.5 Å². The van der Waals surface area contributed by atoms with Crippen molar-refractivity contribution in [3.05, 3.63) is 150 Å². The summed E-state index contributed by atoms with van der Waals surface area (Å²) < 4.78 is 8.56. The monoisotopic (exact) mass is 580 g/mol. The standard InChI is InChI=1S/C37H32N4OS/c1-24-11-4-7-17-34(24)42-29-20-18-28(19-21-29)41-36(35(39-37(41)43)32-15-8-9-22-38-32)31-23-25(2)40(26(31)3)33-16-10-13-27-12-5-6-14-30(27)33/h4-23,35-36H,1-3H3,(H,39,43)/t35-,36+/m1/s1. The van der Waals surface area contributed by atoms with Crippen LogP contribution in [-0.4, -0.2) is 14.7 Å². The van der Waals surface area contributed by atoms with Gasteiger partial charge in [-0.1, -0.05) is 60.7 Å². The molecule has 3 heterocycles. The fraction of sp³-hybridized carbons (Fsp3) is 0.135. The quantitative estimate of drug-likeness (QED) is 0.199. The number of fused-ring (bicyclic) bond motifs is 1. The van der Waals surface area contributed by atoms with E-state index in [0.29, 0.717) is 5.11 Å². The number of thiocarbonyl (C=S) groups is 1. The molecule has 6 aromatic rings. The molecule has 212 valence electrons. The molecule has 2 atom stereocenters. The first kappa shape index (κ1) is 26.9. The Labute approximate surface area is 257 Å². The lowest BCUT2D eigenvalue weighted by Gasteiger charge is -2.28. The maximum Gasteiger partial charge on any atom is 0.174 e. The summed E-state index contributed by atoms with van der Waals surface area (Å²) in [7, 11) is 0. The molecule has 0 radical (unpaired) electrons. The molecule has 0 unspecified atom stereocenters. The molecule has 0 amide bonds. The lowest BCUT2D eigenvalue weighted by atomic mass is 9.96. The summed E-state index contributed by atoms with van der Waals surface area (Å²) in [5, 5.41) is 6.72. The number of ether oxygens (including phenoxy) is 1. The van der Waals surface area contributed by atoms with Crippen molar-refractivity contribution in [1.29, 1.82) is 0 Å². The number of hydrogen-bond acceptors (Lipinski definition) is 3. The first-order chi connectivity index (χ1) is 21.0. The van der Waals surface area contributed by atoms with Crippen molar-refractivity contribution in [3.8, 4) is 17.2 Å². The van der Waals surface area contributed by atoms with E-state index in [9.17, 15) is 0 Å². The molecule has 7 rings (SSSR count). The average Bonchev–Trinajstić information content (AvgIpc) is 3.53. The van der Waals surface area contributed by atoms with Gasteiger partial charge in [0.15, 0.2) is 5.11 Å². The lowest BCUT2D eigenvalue weighted by molar-refractivity contribution is 0.479. The minimum atomic E-state index is -0.127. The van der Waals surface area contributed by atoms with Crippen LogP contribution in [-0.2, 0) is 0 Å². The van der Waals surface area contributed by atoms with E-state index in [1.165, 1.54) is 33.4 Å². The predicted octanol–water partition coefficient (Wildman–Crippen LogP) is 8.92. The first-order valence-electron chi connectivity index (χ1n) is 14.5. The third kappa shape index (κ3) is 4.84. The van der Waals surface area contributed by atoms with Crippen LogP contribution in [0.15, 0.2) is 121 Å². The molecule has 0 saturated carbocycles. The Morgan fingerprint density at radius 1 is 0.791 bits per heavy atom. The van der Waals surface area contributed by atoms with Crippen molar-refractivity contribution in [3.63, 3.8) is 0 Å². The van der Waals surface area contributed by atoms with Crippen molar-refractivity contribution in [2.45, 2.75) is 32.9 Å². The van der Waals surface area contributed by atoms with Gasteiger partial charge in [-0.25, -0.2) is 0 Å². The van der Waals surface area contributed by atoms with Crippen LogP contribution in [0.5, 0.6) is 11.5 Å². The molecule has 0 aliphatic carbocycles. The Hall–Kier alpha value is -4.94. The van der Waals surface area contributed by atoms with Crippen LogP contribution in [0.2, 0.25) is 0 Å². The zero-order chi connectivity index (χ0) is 29.5. The summed E-state index contributed by atoms with van der Waals surface area (Å²) in [5.41, 5.74) is 7.76. The van der Waals surface area contributed by atoms with Gasteiger partial charge in [0.2, 0.25) is 0 Å². The number of nitrogens with zero attached hydrogens (tertiary/aromatic N) is 3. The molecular weight excluding hydrogens is 549 g/mol. The van der Waals surface area contributed by atoms with E-state index in [1.807, 2.05) is 48.7 Å². The lowest BCUT2D eigenvalue weighted by Crippen LogP contribution is -2.29. The van der Waals surface area contributed by atoms with Gasteiger partial charge in [-0.3, -0.25) is 4.98 Å². The summed E-state index contributed by atoms with van der Waals surface area (Å²) >= 11 is 6.02. The third-order valence-electron chi connectivity index (χ3n) is 8.33. The van der Waals surface area contributed by atoms with Gasteiger partial charge in [0.25, 0.3) is 0 Å². The minimum absolute atomic E-state index is 0.111. The fourth-order valence-electron chi connectivity index (χ4n) is 6.28. The number of para-hydroxylation sites is 1. The molecule has 4 aromatic carbocycles. The Bertz CT molecular complexity index is 1940. The second kappa shape index (κ2) is 11.0. The Morgan fingerprint density at radius 2 is 1.53 bits per heavy atom. The number of hydrogen-bond donors (Lipinski definition) is 1. The van der Waals surface area contributed by atoms with Crippen LogP contribution in [0.3, 0.4) is 0 Å². The summed E-state index contributed by atoms with van der Waals surface area (Å²) in [6.45, 7) is 6.43. The van der Waals surface area contributed by atoms with Crippen molar-refractivity contribution in [2.24, 2.45) is 0 Å². The van der Waals surface area contributed by atoms with Crippen molar-refractivity contribution in [2.75, 3.05) is 4.90 Å². The van der Waals surface area contributed by atoms with E-state index >= 15 is 0 Å². The summed E-state index contributed by atoms with van der Waals surface area (Å²) in [5.74, 6) is 1.63. The topological polar surface area (TPSA) is 42.3 Å². The van der Waals surface area contributed by atoms with Crippen LogP contribution in [0.4, 0.5) is 5.69 Å². The number of benzene rings is 4. The summed E-state index contributed by atoms with van der Waals surface area (Å²) in [6, 6.07) is 39.4. The van der Waals surface area contributed by atoms with E-state index in [1.54, 1.807) is 0 Å². The highest BCUT2D eigenvalue weighted by molar-refractivity contribution is 7.80. The van der Waals surface area contributed by atoms with Gasteiger partial charge >= 0.3 is 0 Å². The third-order valence-corrected chi connectivity index (χ3v) is 8.65. The maximum atomic E-state index is 6.20. The largest absolute Gasteiger partial charge is 0.457 e. The van der Waals surface area contributed by atoms with Crippen molar-refractivity contribution < 1.29 is 4.74 Å². The summed E-state index contributed by atoms with van der Waals surface area (Å²) in [4.78, 5) is 6.97. The van der Waals surface area contributed by atoms with E-state index in [4.69, 9.17) is 21.9 Å². The van der Waals surface area contributed by atoms with Gasteiger partial charge in [-0.2, -0.15) is 0 Å². The van der Waals surface area contributed by atoms with E-state index in [2.05, 4.69) is 108 Å². The van der Waals surface area contributed by atoms with E-state index < -0.39 is 0 Å². The van der Waals surface area contributed by atoms with Gasteiger partial charge in [-0.15, -0.1) is 0 Å². The molecule has 5 nitrogen and oxygen atoms in total.